The molecule has 5 heteroatoms. The Labute approximate surface area is 114 Å². The fourth-order valence-corrected chi connectivity index (χ4v) is 2.24. The molecule has 0 atom stereocenters. The van der Waals surface area contributed by atoms with Crippen molar-refractivity contribution in [3.8, 4) is 11.5 Å². The molecule has 0 aromatic heterocycles. The summed E-state index contributed by atoms with van der Waals surface area (Å²) in [7, 11) is 0. The zero-order valence-corrected chi connectivity index (χ0v) is 10.4. The van der Waals surface area contributed by atoms with Crippen molar-refractivity contribution < 1.29 is 19.8 Å². The maximum Gasteiger partial charge on any atom is 0.261 e. The molecule has 20 heavy (non-hydrogen) atoms. The Bertz CT molecular complexity index is 689. The minimum absolute atomic E-state index is 0.0293. The van der Waals surface area contributed by atoms with E-state index in [1.54, 1.807) is 24.3 Å². The average molecular weight is 269 g/mol. The number of carbonyl (C=O) groups is 2. The fraction of sp³-hybridized carbons (Fsp3) is 0.0667. The Morgan fingerprint density at radius 3 is 2.05 bits per heavy atom. The van der Waals surface area contributed by atoms with E-state index in [0.717, 1.165) is 4.90 Å². The molecule has 2 aromatic rings. The molecule has 100 valence electrons. The molecule has 1 heterocycles. The van der Waals surface area contributed by atoms with Gasteiger partial charge in [-0.2, -0.15) is 0 Å². The number of phenolic OH excluding ortho intramolecular Hbond substituents is 2. The van der Waals surface area contributed by atoms with Crippen LogP contribution in [-0.4, -0.2) is 26.9 Å². The van der Waals surface area contributed by atoms with Crippen LogP contribution in [0, 0.1) is 0 Å². The van der Waals surface area contributed by atoms with E-state index >= 15 is 0 Å². The normalized spacial score (nSPS) is 13.7. The third-order valence-electron chi connectivity index (χ3n) is 3.28. The Morgan fingerprint density at radius 2 is 1.50 bits per heavy atom. The predicted molar refractivity (Wildman–Crippen MR) is 70.4 cm³/mol. The second-order valence-corrected chi connectivity index (χ2v) is 4.56. The number of nitrogens with zero attached hydrogens (tertiary/aromatic N) is 1. The summed E-state index contributed by atoms with van der Waals surface area (Å²) in [6.07, 6.45) is 0. The van der Waals surface area contributed by atoms with E-state index in [2.05, 4.69) is 0 Å². The van der Waals surface area contributed by atoms with Gasteiger partial charge in [0.05, 0.1) is 17.7 Å². The molecule has 0 unspecified atom stereocenters. The number of rotatable bonds is 2. The first kappa shape index (κ1) is 12.2. The summed E-state index contributed by atoms with van der Waals surface area (Å²) in [5, 5.41) is 19.0. The number of aromatic hydroxyl groups is 2. The number of imide groups is 1. The van der Waals surface area contributed by atoms with Gasteiger partial charge in [0.1, 0.15) is 11.5 Å². The van der Waals surface area contributed by atoms with E-state index in [4.69, 9.17) is 0 Å². The minimum atomic E-state index is -0.377. The van der Waals surface area contributed by atoms with Crippen LogP contribution in [0.4, 0.5) is 0 Å². The summed E-state index contributed by atoms with van der Waals surface area (Å²) in [4.78, 5) is 25.4. The van der Waals surface area contributed by atoms with Crippen LogP contribution in [0.1, 0.15) is 26.3 Å². The maximum absolute atomic E-state index is 12.2. The van der Waals surface area contributed by atoms with E-state index in [9.17, 15) is 19.8 Å². The van der Waals surface area contributed by atoms with Crippen molar-refractivity contribution in [2.24, 2.45) is 0 Å². The van der Waals surface area contributed by atoms with Crippen LogP contribution in [0.5, 0.6) is 11.5 Å². The second-order valence-electron chi connectivity index (χ2n) is 4.56. The van der Waals surface area contributed by atoms with Crippen LogP contribution in [0.25, 0.3) is 0 Å². The molecule has 1 aliphatic heterocycles. The highest BCUT2D eigenvalue weighted by atomic mass is 16.3. The summed E-state index contributed by atoms with van der Waals surface area (Å²) >= 11 is 0. The van der Waals surface area contributed by atoms with Gasteiger partial charge in [0.2, 0.25) is 0 Å². The first-order valence-electron chi connectivity index (χ1n) is 6.04. The SMILES string of the molecule is O=C1c2ccccc2C(=O)N1Cc1ccc(O)cc1O. The molecular formula is C15H11NO4. The van der Waals surface area contributed by atoms with E-state index in [-0.39, 0.29) is 29.9 Å². The fourth-order valence-electron chi connectivity index (χ4n) is 2.24. The van der Waals surface area contributed by atoms with Gasteiger partial charge in [-0.15, -0.1) is 0 Å². The molecule has 0 saturated carbocycles. The van der Waals surface area contributed by atoms with Crippen molar-refractivity contribution in [2.75, 3.05) is 0 Å². The van der Waals surface area contributed by atoms with Crippen LogP contribution >= 0.6 is 0 Å². The number of carbonyl (C=O) groups excluding carboxylic acids is 2. The molecule has 1 aliphatic rings. The Kier molecular flexibility index (Phi) is 2.68. The first-order chi connectivity index (χ1) is 9.58. The summed E-state index contributed by atoms with van der Waals surface area (Å²) in [6, 6.07) is 10.7. The van der Waals surface area contributed by atoms with Crippen LogP contribution in [-0.2, 0) is 6.54 Å². The lowest BCUT2D eigenvalue weighted by atomic mass is 10.1. The lowest BCUT2D eigenvalue weighted by Gasteiger charge is -2.14. The molecule has 0 spiro atoms. The van der Waals surface area contributed by atoms with E-state index in [1.807, 2.05) is 0 Å². The Hall–Kier alpha value is -2.82. The molecule has 5 nitrogen and oxygen atoms in total. The van der Waals surface area contributed by atoms with Crippen LogP contribution < -0.4 is 0 Å². The minimum Gasteiger partial charge on any atom is -0.508 e. The molecule has 0 radical (unpaired) electrons. The van der Waals surface area contributed by atoms with Crippen molar-refractivity contribution in [3.05, 3.63) is 59.2 Å². The van der Waals surface area contributed by atoms with Crippen LogP contribution in [0.2, 0.25) is 0 Å². The smallest absolute Gasteiger partial charge is 0.261 e. The molecule has 0 fully saturated rings. The van der Waals surface area contributed by atoms with Gasteiger partial charge in [0, 0.05) is 11.6 Å². The largest absolute Gasteiger partial charge is 0.508 e. The van der Waals surface area contributed by atoms with Gasteiger partial charge in [0.25, 0.3) is 11.8 Å². The van der Waals surface area contributed by atoms with Gasteiger partial charge in [-0.25, -0.2) is 0 Å². The van der Waals surface area contributed by atoms with Crippen LogP contribution in [0.3, 0.4) is 0 Å². The molecule has 2 N–H and O–H groups in total. The van der Waals surface area contributed by atoms with Crippen molar-refractivity contribution in [1.29, 1.82) is 0 Å². The number of amides is 2. The topological polar surface area (TPSA) is 77.8 Å². The number of fused-ring (bicyclic) bond motifs is 1. The molecule has 3 rings (SSSR count). The third-order valence-corrected chi connectivity index (χ3v) is 3.28. The number of benzene rings is 2. The lowest BCUT2D eigenvalue weighted by molar-refractivity contribution is 0.0641. The Balaban J connectivity index is 1.94. The van der Waals surface area contributed by atoms with Gasteiger partial charge in [-0.05, 0) is 24.3 Å². The zero-order valence-electron chi connectivity index (χ0n) is 10.4. The molecule has 0 aliphatic carbocycles. The summed E-state index contributed by atoms with van der Waals surface area (Å²) in [5.74, 6) is -0.980. The maximum atomic E-state index is 12.2. The van der Waals surface area contributed by atoms with Gasteiger partial charge >= 0.3 is 0 Å². The van der Waals surface area contributed by atoms with Crippen LogP contribution in [0.15, 0.2) is 42.5 Å². The van der Waals surface area contributed by atoms with Gasteiger partial charge in [-0.1, -0.05) is 12.1 Å². The van der Waals surface area contributed by atoms with E-state index in [1.165, 1.54) is 18.2 Å². The average Bonchev–Trinajstić information content (AvgIpc) is 2.67. The third kappa shape index (κ3) is 1.80. The van der Waals surface area contributed by atoms with Gasteiger partial charge in [-0.3, -0.25) is 14.5 Å². The highest BCUT2D eigenvalue weighted by Crippen LogP contribution is 2.28. The molecule has 2 amide bonds. The standard InChI is InChI=1S/C15H11NO4/c17-10-6-5-9(13(18)7-10)8-16-14(19)11-3-1-2-4-12(11)15(16)20/h1-7,17-18H,8H2. The second kappa shape index (κ2) is 4.38. The molecular weight excluding hydrogens is 258 g/mol. The quantitative estimate of drug-likeness (QED) is 0.816. The van der Waals surface area contributed by atoms with E-state index in [0.29, 0.717) is 16.7 Å². The molecule has 0 saturated heterocycles. The monoisotopic (exact) mass is 269 g/mol. The highest BCUT2D eigenvalue weighted by molar-refractivity contribution is 6.21. The number of hydrogen-bond acceptors (Lipinski definition) is 4. The van der Waals surface area contributed by atoms with Crippen molar-refractivity contribution in [1.82, 2.24) is 4.90 Å². The highest BCUT2D eigenvalue weighted by Gasteiger charge is 2.35. The number of hydrogen-bond donors (Lipinski definition) is 2. The Morgan fingerprint density at radius 1 is 0.900 bits per heavy atom. The van der Waals surface area contributed by atoms with Crippen molar-refractivity contribution >= 4 is 11.8 Å². The zero-order chi connectivity index (χ0) is 14.3. The van der Waals surface area contributed by atoms with E-state index < -0.39 is 0 Å². The van der Waals surface area contributed by atoms with Crippen molar-refractivity contribution in [2.45, 2.75) is 6.54 Å². The number of phenols is 2. The van der Waals surface area contributed by atoms with Gasteiger partial charge in [0.15, 0.2) is 0 Å². The van der Waals surface area contributed by atoms with Gasteiger partial charge < -0.3 is 10.2 Å². The first-order valence-corrected chi connectivity index (χ1v) is 6.04. The predicted octanol–water partition coefficient (Wildman–Crippen LogP) is 1.89. The summed E-state index contributed by atoms with van der Waals surface area (Å²) in [6.45, 7) is -0.0293. The van der Waals surface area contributed by atoms with Crippen molar-refractivity contribution in [3.63, 3.8) is 0 Å². The lowest BCUT2D eigenvalue weighted by Crippen LogP contribution is -2.29. The molecule has 0 bridgehead atoms. The summed E-state index contributed by atoms with van der Waals surface area (Å²) < 4.78 is 0. The summed E-state index contributed by atoms with van der Waals surface area (Å²) in [5.41, 5.74) is 1.14. The molecule has 2 aromatic carbocycles.